The van der Waals surface area contributed by atoms with Gasteiger partial charge in [0.25, 0.3) is 10.1 Å². The minimum Gasteiger partial charge on any atom is -0.282 e. The Morgan fingerprint density at radius 3 is 2.00 bits per heavy atom. The first kappa shape index (κ1) is 12.8. The molecule has 0 aromatic heterocycles. The zero-order valence-corrected chi connectivity index (χ0v) is 11.2. The number of aryl methyl sites for hydroxylation is 1. The van der Waals surface area contributed by atoms with Gasteiger partial charge in [-0.05, 0) is 24.1 Å². The molecule has 0 fully saturated rings. The average molecular weight is 252 g/mol. The van der Waals surface area contributed by atoms with E-state index in [0.29, 0.717) is 0 Å². The van der Waals surface area contributed by atoms with Crippen LogP contribution in [0.1, 0.15) is 12.5 Å². The summed E-state index contributed by atoms with van der Waals surface area (Å²) in [6, 6.07) is 6.16. The predicted molar refractivity (Wildman–Crippen MR) is 45.6 cm³/mol. The van der Waals surface area contributed by atoms with Crippen LogP contribution in [-0.4, -0.2) is 13.0 Å². The van der Waals surface area contributed by atoms with E-state index in [1.807, 2.05) is 6.92 Å². The van der Waals surface area contributed by atoms with Crippen LogP contribution in [0.15, 0.2) is 29.2 Å². The van der Waals surface area contributed by atoms with Crippen molar-refractivity contribution >= 4 is 10.1 Å². The Morgan fingerprint density at radius 1 is 1.23 bits per heavy atom. The van der Waals surface area contributed by atoms with Crippen LogP contribution >= 0.6 is 0 Å². The largest absolute Gasteiger partial charge is 0.294 e. The van der Waals surface area contributed by atoms with Crippen molar-refractivity contribution in [3.8, 4) is 0 Å². The van der Waals surface area contributed by atoms with Crippen LogP contribution in [0.2, 0.25) is 0 Å². The third-order valence-corrected chi connectivity index (χ3v) is 2.50. The zero-order valence-electron chi connectivity index (χ0n) is 7.40. The van der Waals surface area contributed by atoms with Gasteiger partial charge in [-0.1, -0.05) is 19.1 Å². The molecule has 5 heteroatoms. The molecule has 0 atom stereocenters. The minimum atomic E-state index is -4.03. The molecular formula is C8H10O3SZn. The fraction of sp³-hybridized carbons (Fsp3) is 0.250. The van der Waals surface area contributed by atoms with Crippen LogP contribution in [0.25, 0.3) is 0 Å². The van der Waals surface area contributed by atoms with Crippen molar-refractivity contribution in [2.24, 2.45) is 0 Å². The summed E-state index contributed by atoms with van der Waals surface area (Å²) in [4.78, 5) is -0.0558. The summed E-state index contributed by atoms with van der Waals surface area (Å²) in [5, 5.41) is 0. The molecule has 0 amide bonds. The van der Waals surface area contributed by atoms with Gasteiger partial charge in [-0.3, -0.25) is 4.55 Å². The smallest absolute Gasteiger partial charge is 0.282 e. The van der Waals surface area contributed by atoms with Crippen molar-refractivity contribution in [1.29, 1.82) is 0 Å². The quantitative estimate of drug-likeness (QED) is 0.640. The summed E-state index contributed by atoms with van der Waals surface area (Å²) in [6.07, 6.45) is 0.853. The maximum Gasteiger partial charge on any atom is 0.294 e. The Labute approximate surface area is 90.7 Å². The summed E-state index contributed by atoms with van der Waals surface area (Å²) in [6.45, 7) is 1.97. The molecule has 0 aliphatic carbocycles. The Bertz CT molecular complexity index is 355. The van der Waals surface area contributed by atoms with Crippen molar-refractivity contribution in [2.45, 2.75) is 18.2 Å². The summed E-state index contributed by atoms with van der Waals surface area (Å²) < 4.78 is 29.8. The Kier molecular flexibility index (Phi) is 4.75. The molecule has 1 aromatic carbocycles. The van der Waals surface area contributed by atoms with Gasteiger partial charge < -0.3 is 0 Å². The van der Waals surface area contributed by atoms with Crippen molar-refractivity contribution in [2.75, 3.05) is 0 Å². The van der Waals surface area contributed by atoms with Crippen LogP contribution in [-0.2, 0) is 36.0 Å². The van der Waals surface area contributed by atoms with Gasteiger partial charge in [0.1, 0.15) is 0 Å². The molecule has 1 N–H and O–H groups in total. The molecule has 0 aliphatic heterocycles. The number of rotatable bonds is 2. The molecule has 0 radical (unpaired) electrons. The summed E-state index contributed by atoms with van der Waals surface area (Å²) >= 11 is 0. The third kappa shape index (κ3) is 3.55. The predicted octanol–water partition coefficient (Wildman–Crippen LogP) is 1.49. The summed E-state index contributed by atoms with van der Waals surface area (Å²) in [5.41, 5.74) is 1.04. The normalized spacial score (nSPS) is 10.6. The Hall–Kier alpha value is -0.247. The molecule has 0 saturated carbocycles. The molecule has 0 heterocycles. The molecule has 13 heavy (non-hydrogen) atoms. The fourth-order valence-electron chi connectivity index (χ4n) is 0.897. The van der Waals surface area contributed by atoms with E-state index in [1.54, 1.807) is 12.1 Å². The molecular weight excluding hydrogens is 242 g/mol. The van der Waals surface area contributed by atoms with Gasteiger partial charge in [0.05, 0.1) is 4.90 Å². The van der Waals surface area contributed by atoms with Gasteiger partial charge in [-0.25, -0.2) is 0 Å². The first-order chi connectivity index (χ1) is 5.54. The maximum atomic E-state index is 10.6. The van der Waals surface area contributed by atoms with Gasteiger partial charge in [-0.2, -0.15) is 8.42 Å². The van der Waals surface area contributed by atoms with E-state index in [-0.39, 0.29) is 24.4 Å². The van der Waals surface area contributed by atoms with Crippen LogP contribution in [0.5, 0.6) is 0 Å². The first-order valence-electron chi connectivity index (χ1n) is 3.60. The molecule has 0 bridgehead atoms. The topological polar surface area (TPSA) is 54.4 Å². The van der Waals surface area contributed by atoms with Crippen molar-refractivity contribution < 1.29 is 32.4 Å². The van der Waals surface area contributed by atoms with Crippen LogP contribution in [0, 0.1) is 0 Å². The molecule has 1 rings (SSSR count). The van der Waals surface area contributed by atoms with Gasteiger partial charge in [0.15, 0.2) is 0 Å². The SMILES string of the molecule is CCc1ccc(S(=O)(=O)O)cc1.[Zn]. The average Bonchev–Trinajstić information content (AvgIpc) is 2.03. The monoisotopic (exact) mass is 250 g/mol. The van der Waals surface area contributed by atoms with E-state index < -0.39 is 10.1 Å². The fourth-order valence-corrected chi connectivity index (χ4v) is 1.38. The van der Waals surface area contributed by atoms with Crippen LogP contribution in [0.4, 0.5) is 0 Å². The van der Waals surface area contributed by atoms with E-state index in [2.05, 4.69) is 0 Å². The minimum absolute atomic E-state index is 0. The van der Waals surface area contributed by atoms with E-state index in [0.717, 1.165) is 12.0 Å². The molecule has 3 nitrogen and oxygen atoms in total. The van der Waals surface area contributed by atoms with Crippen molar-refractivity contribution in [3.63, 3.8) is 0 Å². The molecule has 0 unspecified atom stereocenters. The zero-order chi connectivity index (χ0) is 9.19. The maximum absolute atomic E-state index is 10.6. The number of benzene rings is 1. The van der Waals surface area contributed by atoms with Crippen LogP contribution < -0.4 is 0 Å². The second-order valence-corrected chi connectivity index (χ2v) is 3.89. The van der Waals surface area contributed by atoms with E-state index in [1.165, 1.54) is 12.1 Å². The first-order valence-corrected chi connectivity index (χ1v) is 5.04. The van der Waals surface area contributed by atoms with Crippen LogP contribution in [0.3, 0.4) is 0 Å². The van der Waals surface area contributed by atoms with E-state index >= 15 is 0 Å². The number of hydrogen-bond acceptors (Lipinski definition) is 2. The summed E-state index contributed by atoms with van der Waals surface area (Å²) in [7, 11) is -4.03. The Balaban J connectivity index is 0.00000144. The summed E-state index contributed by atoms with van der Waals surface area (Å²) in [5.74, 6) is 0. The van der Waals surface area contributed by atoms with Gasteiger partial charge >= 0.3 is 0 Å². The molecule has 0 saturated heterocycles. The van der Waals surface area contributed by atoms with E-state index in [9.17, 15) is 8.42 Å². The second-order valence-electron chi connectivity index (χ2n) is 2.47. The van der Waals surface area contributed by atoms with Crippen molar-refractivity contribution in [1.82, 2.24) is 0 Å². The molecule has 1 aromatic rings. The Morgan fingerprint density at radius 2 is 1.69 bits per heavy atom. The molecule has 0 spiro atoms. The number of hydrogen-bond donors (Lipinski definition) is 1. The third-order valence-electron chi connectivity index (χ3n) is 1.63. The molecule has 68 valence electrons. The van der Waals surface area contributed by atoms with Gasteiger partial charge in [-0.15, -0.1) is 0 Å². The van der Waals surface area contributed by atoms with Gasteiger partial charge in [0.2, 0.25) is 0 Å². The standard InChI is InChI=1S/C8H10O3S.Zn/c1-2-7-3-5-8(6-4-7)12(9,10)11;/h3-6H,2H2,1H3,(H,9,10,11);. The second kappa shape index (κ2) is 4.84. The molecule has 0 aliphatic rings. The van der Waals surface area contributed by atoms with E-state index in [4.69, 9.17) is 4.55 Å². The van der Waals surface area contributed by atoms with Gasteiger partial charge in [0, 0.05) is 19.5 Å². The van der Waals surface area contributed by atoms with Crippen molar-refractivity contribution in [3.05, 3.63) is 29.8 Å².